The van der Waals surface area contributed by atoms with Gasteiger partial charge in [0.2, 0.25) is 10.0 Å². The molecule has 0 bridgehead atoms. The minimum Gasteiger partial charge on any atom is -0.391 e. The molecule has 4 nitrogen and oxygen atoms in total. The van der Waals surface area contributed by atoms with E-state index < -0.39 is 16.1 Å². The highest BCUT2D eigenvalue weighted by atomic mass is 79.9. The quantitative estimate of drug-likeness (QED) is 0.887. The molecule has 0 spiro atoms. The first kappa shape index (κ1) is 15.0. The first-order chi connectivity index (χ1) is 8.82. The van der Waals surface area contributed by atoms with Crippen molar-refractivity contribution in [3.63, 3.8) is 0 Å². The lowest BCUT2D eigenvalue weighted by molar-refractivity contribution is 0.131. The van der Waals surface area contributed by atoms with Crippen LogP contribution in [0.2, 0.25) is 0 Å². The molecule has 1 fully saturated rings. The maximum absolute atomic E-state index is 12.4. The molecule has 1 aliphatic carbocycles. The van der Waals surface area contributed by atoms with E-state index in [0.29, 0.717) is 4.47 Å². The van der Waals surface area contributed by atoms with Crippen LogP contribution in [-0.4, -0.2) is 37.5 Å². The van der Waals surface area contributed by atoms with Crippen molar-refractivity contribution < 1.29 is 13.5 Å². The van der Waals surface area contributed by atoms with Crippen LogP contribution in [0.25, 0.3) is 0 Å². The standard InChI is InChI=1S/C13H18BrNO3S/c1-9-3-6-13(11(14)7-9)19(17,18)15(2)8-12(16)10-4-5-10/h3,6-7,10,12,16H,4-5,8H2,1-2H3. The van der Waals surface area contributed by atoms with E-state index in [1.54, 1.807) is 18.2 Å². The first-order valence-electron chi connectivity index (χ1n) is 6.23. The zero-order valence-electron chi connectivity index (χ0n) is 11.0. The predicted molar refractivity (Wildman–Crippen MR) is 77.4 cm³/mol. The summed E-state index contributed by atoms with van der Waals surface area (Å²) in [5.41, 5.74) is 0.992. The molecule has 106 valence electrons. The molecule has 0 radical (unpaired) electrons. The Labute approximate surface area is 122 Å². The van der Waals surface area contributed by atoms with Crippen LogP contribution in [-0.2, 0) is 10.0 Å². The Morgan fingerprint density at radius 1 is 1.47 bits per heavy atom. The third-order valence-corrected chi connectivity index (χ3v) is 6.19. The molecule has 0 amide bonds. The van der Waals surface area contributed by atoms with Gasteiger partial charge in [-0.1, -0.05) is 6.07 Å². The minimum atomic E-state index is -3.56. The van der Waals surface area contributed by atoms with Crippen molar-refractivity contribution in [3.8, 4) is 0 Å². The fourth-order valence-electron chi connectivity index (χ4n) is 1.97. The molecule has 6 heteroatoms. The molecule has 1 atom stereocenters. The molecular weight excluding hydrogens is 330 g/mol. The number of rotatable bonds is 5. The van der Waals surface area contributed by atoms with Gasteiger partial charge in [0.1, 0.15) is 0 Å². The van der Waals surface area contributed by atoms with Crippen molar-refractivity contribution in [1.29, 1.82) is 0 Å². The average Bonchev–Trinajstić information content (AvgIpc) is 3.11. The molecule has 1 aromatic rings. The van der Waals surface area contributed by atoms with Gasteiger partial charge in [-0.15, -0.1) is 0 Å². The monoisotopic (exact) mass is 347 g/mol. The van der Waals surface area contributed by atoms with E-state index in [0.717, 1.165) is 18.4 Å². The average molecular weight is 348 g/mol. The second kappa shape index (κ2) is 5.52. The Kier molecular flexibility index (Phi) is 4.35. The summed E-state index contributed by atoms with van der Waals surface area (Å²) >= 11 is 3.29. The molecular formula is C13H18BrNO3S. The number of hydrogen-bond donors (Lipinski definition) is 1. The third-order valence-electron chi connectivity index (χ3n) is 3.39. The van der Waals surface area contributed by atoms with Crippen molar-refractivity contribution >= 4 is 26.0 Å². The first-order valence-corrected chi connectivity index (χ1v) is 8.46. The Hall–Kier alpha value is -0.430. The molecule has 1 aliphatic rings. The van der Waals surface area contributed by atoms with Gasteiger partial charge in [-0.05, 0) is 59.3 Å². The lowest BCUT2D eigenvalue weighted by Gasteiger charge is -2.21. The van der Waals surface area contributed by atoms with Crippen molar-refractivity contribution in [3.05, 3.63) is 28.2 Å². The summed E-state index contributed by atoms with van der Waals surface area (Å²) in [7, 11) is -2.05. The summed E-state index contributed by atoms with van der Waals surface area (Å²) in [5.74, 6) is 0.263. The second-order valence-electron chi connectivity index (χ2n) is 5.12. The van der Waals surface area contributed by atoms with Gasteiger partial charge in [0, 0.05) is 18.1 Å². The smallest absolute Gasteiger partial charge is 0.244 e. The lowest BCUT2D eigenvalue weighted by Crippen LogP contribution is -2.35. The van der Waals surface area contributed by atoms with E-state index in [-0.39, 0.29) is 17.4 Å². The molecule has 0 saturated heterocycles. The maximum Gasteiger partial charge on any atom is 0.244 e. The summed E-state index contributed by atoms with van der Waals surface area (Å²) in [6.45, 7) is 2.05. The lowest BCUT2D eigenvalue weighted by atomic mass is 10.2. The summed E-state index contributed by atoms with van der Waals surface area (Å²) in [6.07, 6.45) is 1.41. The second-order valence-corrected chi connectivity index (χ2v) is 7.99. The Morgan fingerprint density at radius 3 is 2.63 bits per heavy atom. The number of halogens is 1. The van der Waals surface area contributed by atoms with Crippen molar-refractivity contribution in [2.45, 2.75) is 30.8 Å². The van der Waals surface area contributed by atoms with Gasteiger partial charge >= 0.3 is 0 Å². The van der Waals surface area contributed by atoms with Crippen LogP contribution in [0, 0.1) is 12.8 Å². The van der Waals surface area contributed by atoms with Gasteiger partial charge in [0.25, 0.3) is 0 Å². The molecule has 0 aromatic heterocycles. The van der Waals surface area contributed by atoms with Gasteiger partial charge in [-0.2, -0.15) is 4.31 Å². The maximum atomic E-state index is 12.4. The topological polar surface area (TPSA) is 57.6 Å². The third kappa shape index (κ3) is 3.37. The number of aliphatic hydroxyl groups excluding tert-OH is 1. The van der Waals surface area contributed by atoms with Crippen LogP contribution in [0.1, 0.15) is 18.4 Å². The van der Waals surface area contributed by atoms with E-state index in [1.807, 2.05) is 6.92 Å². The molecule has 1 aromatic carbocycles. The summed E-state index contributed by atoms with van der Waals surface area (Å²) in [5, 5.41) is 9.87. The SMILES string of the molecule is Cc1ccc(S(=O)(=O)N(C)CC(O)C2CC2)c(Br)c1. The number of aliphatic hydroxyl groups is 1. The number of sulfonamides is 1. The molecule has 2 rings (SSSR count). The van der Waals surface area contributed by atoms with E-state index in [9.17, 15) is 13.5 Å². The molecule has 0 heterocycles. The molecule has 19 heavy (non-hydrogen) atoms. The van der Waals surface area contributed by atoms with Crippen LogP contribution in [0.3, 0.4) is 0 Å². The van der Waals surface area contributed by atoms with Crippen LogP contribution >= 0.6 is 15.9 Å². The molecule has 1 N–H and O–H groups in total. The Balaban J connectivity index is 2.20. The van der Waals surface area contributed by atoms with Gasteiger partial charge in [0.05, 0.1) is 11.0 Å². The number of likely N-dealkylation sites (N-methyl/N-ethyl adjacent to an activating group) is 1. The summed E-state index contributed by atoms with van der Waals surface area (Å²) in [4.78, 5) is 0.239. The summed E-state index contributed by atoms with van der Waals surface area (Å²) in [6, 6.07) is 5.13. The Morgan fingerprint density at radius 2 is 2.11 bits per heavy atom. The number of hydrogen-bond acceptors (Lipinski definition) is 3. The highest BCUT2D eigenvalue weighted by molar-refractivity contribution is 9.10. The van der Waals surface area contributed by atoms with Gasteiger partial charge in [0.15, 0.2) is 0 Å². The number of aryl methyl sites for hydroxylation is 1. The molecule has 1 saturated carbocycles. The number of benzene rings is 1. The normalized spacial score (nSPS) is 17.7. The largest absolute Gasteiger partial charge is 0.391 e. The van der Waals surface area contributed by atoms with Crippen LogP contribution < -0.4 is 0 Å². The zero-order valence-corrected chi connectivity index (χ0v) is 13.4. The van der Waals surface area contributed by atoms with Gasteiger partial charge in [-0.3, -0.25) is 0 Å². The minimum absolute atomic E-state index is 0.146. The van der Waals surface area contributed by atoms with Crippen LogP contribution in [0.4, 0.5) is 0 Å². The van der Waals surface area contributed by atoms with Gasteiger partial charge in [-0.25, -0.2) is 8.42 Å². The molecule has 0 aliphatic heterocycles. The zero-order chi connectivity index (χ0) is 14.2. The van der Waals surface area contributed by atoms with Crippen LogP contribution in [0.15, 0.2) is 27.6 Å². The van der Waals surface area contributed by atoms with Crippen molar-refractivity contribution in [2.75, 3.05) is 13.6 Å². The highest BCUT2D eigenvalue weighted by Crippen LogP contribution is 2.33. The predicted octanol–water partition coefficient (Wildman–Crippen LogP) is 2.15. The van der Waals surface area contributed by atoms with E-state index in [4.69, 9.17) is 0 Å². The van der Waals surface area contributed by atoms with E-state index in [2.05, 4.69) is 15.9 Å². The highest BCUT2D eigenvalue weighted by Gasteiger charge is 2.33. The fraction of sp³-hybridized carbons (Fsp3) is 0.538. The van der Waals surface area contributed by atoms with Crippen molar-refractivity contribution in [2.24, 2.45) is 5.92 Å². The molecule has 1 unspecified atom stereocenters. The fourth-order valence-corrected chi connectivity index (χ4v) is 4.31. The van der Waals surface area contributed by atoms with Crippen molar-refractivity contribution in [1.82, 2.24) is 4.31 Å². The van der Waals surface area contributed by atoms with Gasteiger partial charge < -0.3 is 5.11 Å². The Bertz CT molecular complexity index is 569. The number of nitrogens with zero attached hydrogens (tertiary/aromatic N) is 1. The van der Waals surface area contributed by atoms with E-state index >= 15 is 0 Å². The van der Waals surface area contributed by atoms with Crippen LogP contribution in [0.5, 0.6) is 0 Å². The van der Waals surface area contributed by atoms with E-state index in [1.165, 1.54) is 11.4 Å². The summed E-state index contributed by atoms with van der Waals surface area (Å²) < 4.78 is 26.6.